The van der Waals surface area contributed by atoms with E-state index in [-0.39, 0.29) is 17.8 Å². The minimum Gasteiger partial charge on any atom is -0.294 e. The van der Waals surface area contributed by atoms with Gasteiger partial charge in [-0.2, -0.15) is 12.6 Å². The molecule has 70 valence electrons. The van der Waals surface area contributed by atoms with E-state index in [9.17, 15) is 9.18 Å². The number of thiol groups is 1. The predicted molar refractivity (Wildman–Crippen MR) is 54.2 cm³/mol. The van der Waals surface area contributed by atoms with Crippen LogP contribution in [-0.4, -0.2) is 11.5 Å². The number of benzene rings is 1. The SMILES string of the molecule is O=C(CCS)c1cc(Cl)ccc1F. The van der Waals surface area contributed by atoms with Gasteiger partial charge >= 0.3 is 0 Å². The van der Waals surface area contributed by atoms with E-state index in [0.717, 1.165) is 0 Å². The second-order valence-corrected chi connectivity index (χ2v) is 3.40. The molecule has 1 rings (SSSR count). The van der Waals surface area contributed by atoms with Gasteiger partial charge in [-0.3, -0.25) is 4.79 Å². The van der Waals surface area contributed by atoms with Crippen LogP contribution in [0.5, 0.6) is 0 Å². The van der Waals surface area contributed by atoms with E-state index in [1.165, 1.54) is 18.2 Å². The Bertz CT molecular complexity index is 327. The number of carbonyl (C=O) groups excluding carboxylic acids is 1. The van der Waals surface area contributed by atoms with Crippen LogP contribution in [0.1, 0.15) is 16.8 Å². The van der Waals surface area contributed by atoms with E-state index >= 15 is 0 Å². The molecular formula is C9H8ClFOS. The van der Waals surface area contributed by atoms with Gasteiger partial charge in [0.25, 0.3) is 0 Å². The third-order valence-electron chi connectivity index (χ3n) is 1.57. The van der Waals surface area contributed by atoms with Crippen LogP contribution in [0.25, 0.3) is 0 Å². The predicted octanol–water partition coefficient (Wildman–Crippen LogP) is 2.98. The Hall–Kier alpha value is -0.540. The minimum atomic E-state index is -0.531. The summed E-state index contributed by atoms with van der Waals surface area (Å²) in [6, 6.07) is 3.94. The van der Waals surface area contributed by atoms with Crippen molar-refractivity contribution in [1.29, 1.82) is 0 Å². The Kier molecular flexibility index (Phi) is 3.75. The van der Waals surface area contributed by atoms with Gasteiger partial charge in [0.15, 0.2) is 5.78 Å². The molecule has 0 fully saturated rings. The Morgan fingerprint density at radius 1 is 1.54 bits per heavy atom. The minimum absolute atomic E-state index is 0.0431. The highest BCUT2D eigenvalue weighted by atomic mass is 35.5. The van der Waals surface area contributed by atoms with Crippen molar-refractivity contribution < 1.29 is 9.18 Å². The Morgan fingerprint density at radius 2 is 2.23 bits per heavy atom. The van der Waals surface area contributed by atoms with Crippen LogP contribution in [0.3, 0.4) is 0 Å². The van der Waals surface area contributed by atoms with Crippen LogP contribution < -0.4 is 0 Å². The molecule has 0 heterocycles. The van der Waals surface area contributed by atoms with Gasteiger partial charge in [-0.1, -0.05) is 11.6 Å². The van der Waals surface area contributed by atoms with Crippen LogP contribution in [0, 0.1) is 5.82 Å². The highest BCUT2D eigenvalue weighted by molar-refractivity contribution is 7.80. The summed E-state index contributed by atoms with van der Waals surface area (Å²) in [6.45, 7) is 0. The molecule has 0 bridgehead atoms. The van der Waals surface area contributed by atoms with Crippen LogP contribution in [0.15, 0.2) is 18.2 Å². The Labute approximate surface area is 86.3 Å². The van der Waals surface area contributed by atoms with Crippen molar-refractivity contribution in [1.82, 2.24) is 0 Å². The molecular weight excluding hydrogens is 211 g/mol. The molecule has 1 aromatic rings. The number of rotatable bonds is 3. The molecule has 0 saturated heterocycles. The molecule has 0 atom stereocenters. The Morgan fingerprint density at radius 3 is 2.85 bits per heavy atom. The van der Waals surface area contributed by atoms with Gasteiger partial charge in [0, 0.05) is 11.4 Å². The van der Waals surface area contributed by atoms with Gasteiger partial charge in [-0.05, 0) is 24.0 Å². The van der Waals surface area contributed by atoms with E-state index in [1.807, 2.05) is 0 Å². The summed E-state index contributed by atoms with van der Waals surface area (Å²) in [5, 5.41) is 0.365. The molecule has 1 nitrogen and oxygen atoms in total. The number of Topliss-reactive ketones (excluding diaryl/α,β-unsaturated/α-hetero) is 1. The first-order valence-corrected chi connectivity index (χ1v) is 4.75. The van der Waals surface area contributed by atoms with Gasteiger partial charge in [0.05, 0.1) is 5.56 Å². The Balaban J connectivity index is 2.99. The lowest BCUT2D eigenvalue weighted by Gasteiger charge is -2.00. The lowest BCUT2D eigenvalue weighted by molar-refractivity contribution is 0.0986. The smallest absolute Gasteiger partial charge is 0.166 e. The van der Waals surface area contributed by atoms with Crippen molar-refractivity contribution in [3.05, 3.63) is 34.6 Å². The summed E-state index contributed by atoms with van der Waals surface area (Å²) in [6.07, 6.45) is 0.223. The van der Waals surface area contributed by atoms with Gasteiger partial charge in [-0.25, -0.2) is 4.39 Å². The van der Waals surface area contributed by atoms with Crippen LogP contribution in [0.4, 0.5) is 4.39 Å². The molecule has 0 aliphatic heterocycles. The fourth-order valence-corrected chi connectivity index (χ4v) is 1.32. The van der Waals surface area contributed by atoms with E-state index in [2.05, 4.69) is 12.6 Å². The van der Waals surface area contributed by atoms with Crippen molar-refractivity contribution in [3.8, 4) is 0 Å². The maximum Gasteiger partial charge on any atom is 0.166 e. The van der Waals surface area contributed by atoms with E-state index in [0.29, 0.717) is 10.8 Å². The largest absolute Gasteiger partial charge is 0.294 e. The number of carbonyl (C=O) groups is 1. The average molecular weight is 219 g/mol. The highest BCUT2D eigenvalue weighted by Gasteiger charge is 2.10. The lowest BCUT2D eigenvalue weighted by Crippen LogP contribution is -2.02. The number of hydrogen-bond acceptors (Lipinski definition) is 2. The summed E-state index contributed by atoms with van der Waals surface area (Å²) in [5.74, 6) is -0.392. The second kappa shape index (κ2) is 4.63. The summed E-state index contributed by atoms with van der Waals surface area (Å²) >= 11 is 9.52. The average Bonchev–Trinajstić information content (AvgIpc) is 2.09. The molecule has 1 aromatic carbocycles. The normalized spacial score (nSPS) is 10.1. The van der Waals surface area contributed by atoms with Crippen molar-refractivity contribution in [3.63, 3.8) is 0 Å². The molecule has 13 heavy (non-hydrogen) atoms. The first-order valence-electron chi connectivity index (χ1n) is 3.74. The zero-order valence-corrected chi connectivity index (χ0v) is 8.41. The van der Waals surface area contributed by atoms with Crippen LogP contribution >= 0.6 is 24.2 Å². The maximum atomic E-state index is 13.0. The van der Waals surface area contributed by atoms with Crippen molar-refractivity contribution in [2.24, 2.45) is 0 Å². The zero-order chi connectivity index (χ0) is 9.84. The summed E-state index contributed by atoms with van der Waals surface area (Å²) < 4.78 is 13.0. The molecule has 4 heteroatoms. The standard InChI is InChI=1S/C9H8ClFOS/c10-6-1-2-8(11)7(5-6)9(12)3-4-13/h1-2,5,13H,3-4H2. The lowest BCUT2D eigenvalue weighted by atomic mass is 10.1. The highest BCUT2D eigenvalue weighted by Crippen LogP contribution is 2.16. The van der Waals surface area contributed by atoms with Crippen LogP contribution in [-0.2, 0) is 0 Å². The topological polar surface area (TPSA) is 17.1 Å². The molecule has 0 aromatic heterocycles. The fourth-order valence-electron chi connectivity index (χ4n) is 0.947. The van der Waals surface area contributed by atoms with Gasteiger partial charge in [-0.15, -0.1) is 0 Å². The molecule has 0 radical (unpaired) electrons. The molecule has 0 aliphatic carbocycles. The summed E-state index contributed by atoms with van der Waals surface area (Å²) in [5.41, 5.74) is 0.0431. The van der Waals surface area contributed by atoms with Crippen molar-refractivity contribution >= 4 is 30.0 Å². The molecule has 0 aliphatic rings. The van der Waals surface area contributed by atoms with E-state index in [1.54, 1.807) is 0 Å². The maximum absolute atomic E-state index is 13.0. The fraction of sp³-hybridized carbons (Fsp3) is 0.222. The van der Waals surface area contributed by atoms with Gasteiger partial charge in [0.2, 0.25) is 0 Å². The van der Waals surface area contributed by atoms with E-state index in [4.69, 9.17) is 11.6 Å². The number of hydrogen-bond donors (Lipinski definition) is 1. The summed E-state index contributed by atoms with van der Waals surface area (Å²) in [7, 11) is 0. The summed E-state index contributed by atoms with van der Waals surface area (Å²) in [4.78, 5) is 11.3. The zero-order valence-electron chi connectivity index (χ0n) is 6.76. The first-order chi connectivity index (χ1) is 6.15. The van der Waals surface area contributed by atoms with Gasteiger partial charge in [0.1, 0.15) is 5.82 Å². The molecule has 0 amide bonds. The molecule has 0 unspecified atom stereocenters. The first kappa shape index (κ1) is 10.5. The monoisotopic (exact) mass is 218 g/mol. The van der Waals surface area contributed by atoms with Crippen LogP contribution in [0.2, 0.25) is 5.02 Å². The third-order valence-corrected chi connectivity index (χ3v) is 2.03. The molecule has 0 N–H and O–H groups in total. The van der Waals surface area contributed by atoms with Gasteiger partial charge < -0.3 is 0 Å². The molecule has 0 spiro atoms. The third kappa shape index (κ3) is 2.71. The van der Waals surface area contributed by atoms with Crippen molar-refractivity contribution in [2.75, 3.05) is 5.75 Å². The number of halogens is 2. The quantitative estimate of drug-likeness (QED) is 0.610. The van der Waals surface area contributed by atoms with Crippen molar-refractivity contribution in [2.45, 2.75) is 6.42 Å². The molecule has 0 saturated carbocycles. The second-order valence-electron chi connectivity index (χ2n) is 2.52. The van der Waals surface area contributed by atoms with E-state index < -0.39 is 5.82 Å². The number of ketones is 1.